The van der Waals surface area contributed by atoms with E-state index in [0.717, 1.165) is 0 Å². The summed E-state index contributed by atoms with van der Waals surface area (Å²) in [6.45, 7) is 1.52. The van der Waals surface area contributed by atoms with Crippen molar-refractivity contribution in [2.75, 3.05) is 7.11 Å². The number of methoxy groups -OCH3 is 1. The Morgan fingerprint density at radius 1 is 1.50 bits per heavy atom. The van der Waals surface area contributed by atoms with Crippen LogP contribution in [-0.4, -0.2) is 18.3 Å². The van der Waals surface area contributed by atoms with Crippen molar-refractivity contribution in [2.45, 2.75) is 19.1 Å². The standard InChI is InChI=1S/C10H14FNO2/c1-6(13)10(12)8-4-3-7(14-2)5-9(8)11/h3-6,10,13H,12H2,1-2H3/t6-,10+/m1/s1. The first-order valence-electron chi connectivity index (χ1n) is 4.33. The number of benzene rings is 1. The zero-order chi connectivity index (χ0) is 10.7. The van der Waals surface area contributed by atoms with Crippen LogP contribution in [0.5, 0.6) is 5.75 Å². The predicted octanol–water partition coefficient (Wildman–Crippen LogP) is 1.21. The number of hydrogen-bond donors (Lipinski definition) is 2. The van der Waals surface area contributed by atoms with Gasteiger partial charge in [0, 0.05) is 11.6 Å². The van der Waals surface area contributed by atoms with Gasteiger partial charge in [0.25, 0.3) is 0 Å². The molecule has 3 nitrogen and oxygen atoms in total. The summed E-state index contributed by atoms with van der Waals surface area (Å²) in [5.41, 5.74) is 5.89. The Kier molecular flexibility index (Phi) is 3.43. The first-order valence-corrected chi connectivity index (χ1v) is 4.33. The summed E-state index contributed by atoms with van der Waals surface area (Å²) < 4.78 is 18.2. The molecule has 0 aromatic heterocycles. The quantitative estimate of drug-likeness (QED) is 0.769. The molecular formula is C10H14FNO2. The molecule has 4 heteroatoms. The van der Waals surface area contributed by atoms with Gasteiger partial charge in [-0.15, -0.1) is 0 Å². The van der Waals surface area contributed by atoms with Crippen LogP contribution in [0.15, 0.2) is 18.2 Å². The lowest BCUT2D eigenvalue weighted by atomic mass is 10.0. The summed E-state index contributed by atoms with van der Waals surface area (Å²) in [7, 11) is 1.46. The van der Waals surface area contributed by atoms with E-state index in [9.17, 15) is 9.50 Å². The van der Waals surface area contributed by atoms with Gasteiger partial charge in [0.15, 0.2) is 0 Å². The number of halogens is 1. The number of nitrogens with two attached hydrogens (primary N) is 1. The molecule has 0 fully saturated rings. The topological polar surface area (TPSA) is 55.5 Å². The summed E-state index contributed by atoms with van der Waals surface area (Å²) in [4.78, 5) is 0. The largest absolute Gasteiger partial charge is 0.497 e. The second kappa shape index (κ2) is 4.39. The van der Waals surface area contributed by atoms with E-state index in [2.05, 4.69) is 0 Å². The van der Waals surface area contributed by atoms with Gasteiger partial charge in [-0.2, -0.15) is 0 Å². The molecule has 0 saturated carbocycles. The molecule has 0 aliphatic heterocycles. The van der Waals surface area contributed by atoms with Crippen LogP contribution in [0.25, 0.3) is 0 Å². The van der Waals surface area contributed by atoms with Crippen LogP contribution >= 0.6 is 0 Å². The van der Waals surface area contributed by atoms with E-state index in [4.69, 9.17) is 10.5 Å². The smallest absolute Gasteiger partial charge is 0.131 e. The van der Waals surface area contributed by atoms with Crippen LogP contribution in [0.1, 0.15) is 18.5 Å². The molecule has 0 radical (unpaired) electrons. The van der Waals surface area contributed by atoms with E-state index in [0.29, 0.717) is 11.3 Å². The molecule has 2 atom stereocenters. The fraction of sp³-hybridized carbons (Fsp3) is 0.400. The highest BCUT2D eigenvalue weighted by atomic mass is 19.1. The lowest BCUT2D eigenvalue weighted by Crippen LogP contribution is -2.24. The molecule has 1 aromatic carbocycles. The van der Waals surface area contributed by atoms with E-state index in [-0.39, 0.29) is 0 Å². The van der Waals surface area contributed by atoms with Crippen molar-refractivity contribution in [2.24, 2.45) is 5.73 Å². The SMILES string of the molecule is COc1ccc([C@@H](N)[C@@H](C)O)c(F)c1. The fourth-order valence-electron chi connectivity index (χ4n) is 1.17. The van der Waals surface area contributed by atoms with Crippen molar-refractivity contribution in [3.8, 4) is 5.75 Å². The van der Waals surface area contributed by atoms with Crippen LogP contribution in [0.2, 0.25) is 0 Å². The minimum absolute atomic E-state index is 0.292. The highest BCUT2D eigenvalue weighted by molar-refractivity contribution is 5.31. The molecule has 14 heavy (non-hydrogen) atoms. The highest BCUT2D eigenvalue weighted by Gasteiger charge is 2.16. The van der Waals surface area contributed by atoms with E-state index in [1.165, 1.54) is 26.2 Å². The third kappa shape index (κ3) is 2.21. The molecule has 0 heterocycles. The molecule has 0 amide bonds. The van der Waals surface area contributed by atoms with Gasteiger partial charge in [0.1, 0.15) is 11.6 Å². The van der Waals surface area contributed by atoms with Crippen molar-refractivity contribution in [3.63, 3.8) is 0 Å². The Balaban J connectivity index is 2.99. The molecule has 1 aromatic rings. The zero-order valence-corrected chi connectivity index (χ0v) is 8.20. The van der Waals surface area contributed by atoms with E-state index in [1.54, 1.807) is 6.07 Å². The van der Waals surface area contributed by atoms with Gasteiger partial charge in [-0.05, 0) is 13.0 Å². The summed E-state index contributed by atoms with van der Waals surface area (Å²) >= 11 is 0. The minimum atomic E-state index is -0.780. The van der Waals surface area contributed by atoms with Crippen molar-refractivity contribution in [1.82, 2.24) is 0 Å². The van der Waals surface area contributed by atoms with Gasteiger partial charge in [-0.1, -0.05) is 6.07 Å². The number of rotatable bonds is 3. The highest BCUT2D eigenvalue weighted by Crippen LogP contribution is 2.22. The van der Waals surface area contributed by atoms with E-state index in [1.807, 2.05) is 0 Å². The minimum Gasteiger partial charge on any atom is -0.497 e. The van der Waals surface area contributed by atoms with Crippen LogP contribution in [0.3, 0.4) is 0 Å². The van der Waals surface area contributed by atoms with Gasteiger partial charge in [0.2, 0.25) is 0 Å². The van der Waals surface area contributed by atoms with Crippen molar-refractivity contribution in [3.05, 3.63) is 29.6 Å². The fourth-order valence-corrected chi connectivity index (χ4v) is 1.17. The van der Waals surface area contributed by atoms with Gasteiger partial charge in [-0.3, -0.25) is 0 Å². The Bertz CT molecular complexity index is 315. The van der Waals surface area contributed by atoms with Crippen LogP contribution < -0.4 is 10.5 Å². The maximum atomic E-state index is 13.4. The summed E-state index contributed by atoms with van der Waals surface area (Å²) in [5.74, 6) is -0.0261. The molecule has 0 aliphatic carbocycles. The molecule has 0 unspecified atom stereocenters. The number of aliphatic hydroxyl groups excluding tert-OH is 1. The molecule has 0 spiro atoms. The monoisotopic (exact) mass is 199 g/mol. The zero-order valence-electron chi connectivity index (χ0n) is 8.20. The van der Waals surface area contributed by atoms with Gasteiger partial charge >= 0.3 is 0 Å². The van der Waals surface area contributed by atoms with Crippen LogP contribution in [0.4, 0.5) is 4.39 Å². The van der Waals surface area contributed by atoms with Gasteiger partial charge < -0.3 is 15.6 Å². The molecule has 1 rings (SSSR count). The summed E-state index contributed by atoms with van der Waals surface area (Å²) in [6.07, 6.45) is -0.780. The van der Waals surface area contributed by atoms with E-state index < -0.39 is 18.0 Å². The Morgan fingerprint density at radius 2 is 2.14 bits per heavy atom. The first kappa shape index (κ1) is 10.9. The lowest BCUT2D eigenvalue weighted by Gasteiger charge is -2.16. The third-order valence-corrected chi connectivity index (χ3v) is 2.09. The first-order chi connectivity index (χ1) is 6.56. The van der Waals surface area contributed by atoms with Crippen molar-refractivity contribution in [1.29, 1.82) is 0 Å². The summed E-state index contributed by atoms with van der Waals surface area (Å²) in [5, 5.41) is 9.20. The molecule has 3 N–H and O–H groups in total. The lowest BCUT2D eigenvalue weighted by molar-refractivity contribution is 0.162. The number of ether oxygens (including phenoxy) is 1. The molecule has 0 aliphatic rings. The normalized spacial score (nSPS) is 14.9. The van der Waals surface area contributed by atoms with Gasteiger partial charge in [0.05, 0.1) is 19.3 Å². The second-order valence-corrected chi connectivity index (χ2v) is 3.15. The average molecular weight is 199 g/mol. The second-order valence-electron chi connectivity index (χ2n) is 3.15. The van der Waals surface area contributed by atoms with E-state index >= 15 is 0 Å². The number of aliphatic hydroxyl groups is 1. The van der Waals surface area contributed by atoms with Crippen molar-refractivity contribution >= 4 is 0 Å². The van der Waals surface area contributed by atoms with Crippen LogP contribution in [0, 0.1) is 5.82 Å². The van der Waals surface area contributed by atoms with Gasteiger partial charge in [-0.25, -0.2) is 4.39 Å². The maximum Gasteiger partial charge on any atom is 0.131 e. The Labute approximate surface area is 82.3 Å². The molecule has 0 bridgehead atoms. The summed E-state index contributed by atoms with van der Waals surface area (Å²) in [6, 6.07) is 3.67. The molecular weight excluding hydrogens is 185 g/mol. The molecule has 0 saturated heterocycles. The van der Waals surface area contributed by atoms with Crippen LogP contribution in [-0.2, 0) is 0 Å². The predicted molar refractivity (Wildman–Crippen MR) is 51.6 cm³/mol. The number of hydrogen-bond acceptors (Lipinski definition) is 3. The maximum absolute atomic E-state index is 13.4. The Morgan fingerprint density at radius 3 is 2.57 bits per heavy atom. The molecule has 78 valence electrons. The average Bonchev–Trinajstić information content (AvgIpc) is 2.16. The third-order valence-electron chi connectivity index (χ3n) is 2.09. The Hall–Kier alpha value is -1.13. The van der Waals surface area contributed by atoms with Crippen molar-refractivity contribution < 1.29 is 14.2 Å².